The quantitative estimate of drug-likeness (QED) is 0.837. The van der Waals surface area contributed by atoms with Gasteiger partial charge in [0, 0.05) is 22.9 Å². The molecule has 0 radical (unpaired) electrons. The van der Waals surface area contributed by atoms with Crippen molar-refractivity contribution in [3.05, 3.63) is 36.0 Å². The summed E-state index contributed by atoms with van der Waals surface area (Å²) in [5.74, 6) is 1.57. The number of benzene rings is 1. The zero-order chi connectivity index (χ0) is 16.0. The van der Waals surface area contributed by atoms with E-state index in [0.29, 0.717) is 18.3 Å². The molecular formula is C19H25NO2. The highest BCUT2D eigenvalue weighted by atomic mass is 16.5. The van der Waals surface area contributed by atoms with Crippen LogP contribution in [0.3, 0.4) is 0 Å². The van der Waals surface area contributed by atoms with E-state index in [1.54, 1.807) is 0 Å². The summed E-state index contributed by atoms with van der Waals surface area (Å²) in [6.07, 6.45) is 4.06. The number of anilines is 1. The molecule has 22 heavy (non-hydrogen) atoms. The number of carbonyl (C=O) groups excluding carboxylic acids is 1. The number of hydrogen-bond acceptors (Lipinski definition) is 3. The SMILES string of the molecule is CCOc1ccc(N/C=C2\C(=O)[C@]3(C)CC[C@H]2C3(C)C)cc1. The predicted octanol–water partition coefficient (Wildman–Crippen LogP) is 4.41. The summed E-state index contributed by atoms with van der Waals surface area (Å²) in [5.41, 5.74) is 1.82. The fourth-order valence-corrected chi connectivity index (χ4v) is 4.07. The number of carbonyl (C=O) groups is 1. The molecule has 0 aromatic heterocycles. The molecule has 0 heterocycles. The Morgan fingerprint density at radius 2 is 1.95 bits per heavy atom. The van der Waals surface area contributed by atoms with Crippen LogP contribution >= 0.6 is 0 Å². The molecule has 2 bridgehead atoms. The summed E-state index contributed by atoms with van der Waals surface area (Å²) in [5, 5.41) is 3.29. The first-order valence-electron chi connectivity index (χ1n) is 8.14. The third kappa shape index (κ3) is 2.06. The van der Waals surface area contributed by atoms with Crippen molar-refractivity contribution >= 4 is 11.5 Å². The van der Waals surface area contributed by atoms with E-state index in [1.165, 1.54) is 0 Å². The highest BCUT2D eigenvalue weighted by Gasteiger charge is 2.63. The molecule has 2 aliphatic rings. The number of Topliss-reactive ketones (excluding diaryl/α,β-unsaturated/α-hetero) is 1. The van der Waals surface area contributed by atoms with Gasteiger partial charge in [-0.15, -0.1) is 0 Å². The molecule has 3 rings (SSSR count). The summed E-state index contributed by atoms with van der Waals surface area (Å²) in [7, 11) is 0. The highest BCUT2D eigenvalue weighted by molar-refractivity contribution is 6.04. The standard InChI is InChI=1S/C19H25NO2/c1-5-22-14-8-6-13(7-9-14)20-12-15-16-10-11-19(4,17(15)21)18(16,2)3/h6-9,12,16,20H,5,10-11H2,1-4H3/b15-12-/t16-,19+/m1/s1. The van der Waals surface area contributed by atoms with Crippen molar-refractivity contribution in [2.45, 2.75) is 40.5 Å². The number of allylic oxidation sites excluding steroid dienone is 1. The van der Waals surface area contributed by atoms with E-state index < -0.39 is 0 Å². The Bertz CT molecular complexity index is 615. The van der Waals surface area contributed by atoms with Crippen LogP contribution in [-0.2, 0) is 4.79 Å². The maximum atomic E-state index is 12.7. The molecule has 2 fully saturated rings. The topological polar surface area (TPSA) is 38.3 Å². The van der Waals surface area contributed by atoms with Gasteiger partial charge in [0.1, 0.15) is 5.75 Å². The van der Waals surface area contributed by atoms with Gasteiger partial charge in [0.2, 0.25) is 0 Å². The van der Waals surface area contributed by atoms with Gasteiger partial charge < -0.3 is 10.1 Å². The normalized spacial score (nSPS) is 30.8. The molecule has 3 nitrogen and oxygen atoms in total. The maximum Gasteiger partial charge on any atom is 0.167 e. The van der Waals surface area contributed by atoms with E-state index in [9.17, 15) is 4.79 Å². The van der Waals surface area contributed by atoms with E-state index in [4.69, 9.17) is 4.74 Å². The zero-order valence-corrected chi connectivity index (χ0v) is 13.9. The molecule has 0 unspecified atom stereocenters. The minimum absolute atomic E-state index is 0.0659. The molecule has 3 heteroatoms. The van der Waals surface area contributed by atoms with Crippen LogP contribution in [0, 0.1) is 16.7 Å². The monoisotopic (exact) mass is 299 g/mol. The van der Waals surface area contributed by atoms with Crippen molar-refractivity contribution in [2.75, 3.05) is 11.9 Å². The summed E-state index contributed by atoms with van der Waals surface area (Å²) >= 11 is 0. The zero-order valence-electron chi connectivity index (χ0n) is 13.9. The molecule has 0 amide bonds. The van der Waals surface area contributed by atoms with Crippen molar-refractivity contribution < 1.29 is 9.53 Å². The number of fused-ring (bicyclic) bond motifs is 2. The molecule has 1 aromatic rings. The van der Waals surface area contributed by atoms with Crippen molar-refractivity contribution in [2.24, 2.45) is 16.7 Å². The van der Waals surface area contributed by atoms with E-state index in [-0.39, 0.29) is 10.8 Å². The molecule has 2 aliphatic carbocycles. The van der Waals surface area contributed by atoms with Crippen LogP contribution in [0.5, 0.6) is 5.75 Å². The van der Waals surface area contributed by atoms with Gasteiger partial charge in [-0.1, -0.05) is 20.8 Å². The average molecular weight is 299 g/mol. The first-order valence-corrected chi connectivity index (χ1v) is 8.14. The van der Waals surface area contributed by atoms with E-state index in [0.717, 1.165) is 29.9 Å². The van der Waals surface area contributed by atoms with Crippen molar-refractivity contribution in [1.82, 2.24) is 0 Å². The number of ether oxygens (including phenoxy) is 1. The Morgan fingerprint density at radius 1 is 1.27 bits per heavy atom. The molecule has 1 aromatic carbocycles. The van der Waals surface area contributed by atoms with Crippen LogP contribution < -0.4 is 10.1 Å². The van der Waals surface area contributed by atoms with Crippen LogP contribution in [0.2, 0.25) is 0 Å². The molecular weight excluding hydrogens is 274 g/mol. The number of nitrogens with one attached hydrogen (secondary N) is 1. The van der Waals surface area contributed by atoms with Crippen LogP contribution in [-0.4, -0.2) is 12.4 Å². The molecule has 118 valence electrons. The molecule has 2 saturated carbocycles. The van der Waals surface area contributed by atoms with Gasteiger partial charge >= 0.3 is 0 Å². The van der Waals surface area contributed by atoms with E-state index in [1.807, 2.05) is 37.4 Å². The van der Waals surface area contributed by atoms with E-state index in [2.05, 4.69) is 26.1 Å². The van der Waals surface area contributed by atoms with Crippen LogP contribution in [0.15, 0.2) is 36.0 Å². The highest BCUT2D eigenvalue weighted by Crippen LogP contribution is 2.65. The third-order valence-corrected chi connectivity index (χ3v) is 5.92. The van der Waals surface area contributed by atoms with Gasteiger partial charge in [-0.25, -0.2) is 0 Å². The van der Waals surface area contributed by atoms with Gasteiger partial charge in [-0.3, -0.25) is 4.79 Å². The second-order valence-electron chi connectivity index (χ2n) is 7.18. The third-order valence-electron chi connectivity index (χ3n) is 5.92. The summed E-state index contributed by atoms with van der Waals surface area (Å²) in [6, 6.07) is 7.84. The van der Waals surface area contributed by atoms with Gasteiger partial charge in [0.05, 0.1) is 6.61 Å². The van der Waals surface area contributed by atoms with Crippen molar-refractivity contribution in [3.8, 4) is 5.75 Å². The number of ketones is 1. The summed E-state index contributed by atoms with van der Waals surface area (Å²) in [4.78, 5) is 12.7. The van der Waals surface area contributed by atoms with Gasteiger partial charge in [0.15, 0.2) is 5.78 Å². The Hall–Kier alpha value is -1.77. The van der Waals surface area contributed by atoms with Crippen molar-refractivity contribution in [1.29, 1.82) is 0 Å². The van der Waals surface area contributed by atoms with Gasteiger partial charge in [-0.2, -0.15) is 0 Å². The Balaban J connectivity index is 1.78. The van der Waals surface area contributed by atoms with Crippen LogP contribution in [0.1, 0.15) is 40.5 Å². The molecule has 0 saturated heterocycles. The second kappa shape index (κ2) is 5.15. The lowest BCUT2D eigenvalue weighted by Crippen LogP contribution is -2.32. The molecule has 0 spiro atoms. The minimum atomic E-state index is -0.190. The molecule has 2 atom stereocenters. The Morgan fingerprint density at radius 3 is 2.50 bits per heavy atom. The Labute approximate surface area is 132 Å². The fourth-order valence-electron chi connectivity index (χ4n) is 4.07. The lowest BCUT2D eigenvalue weighted by molar-refractivity contribution is -0.125. The lowest BCUT2D eigenvalue weighted by atomic mass is 9.70. The van der Waals surface area contributed by atoms with Crippen LogP contribution in [0.4, 0.5) is 5.69 Å². The average Bonchev–Trinajstić information content (AvgIpc) is 2.80. The smallest absolute Gasteiger partial charge is 0.167 e. The summed E-state index contributed by atoms with van der Waals surface area (Å²) in [6.45, 7) is 9.24. The second-order valence-corrected chi connectivity index (χ2v) is 7.18. The van der Waals surface area contributed by atoms with Crippen molar-refractivity contribution in [3.63, 3.8) is 0 Å². The largest absolute Gasteiger partial charge is 0.494 e. The maximum absolute atomic E-state index is 12.7. The minimum Gasteiger partial charge on any atom is -0.494 e. The summed E-state index contributed by atoms with van der Waals surface area (Å²) < 4.78 is 5.44. The fraction of sp³-hybridized carbons (Fsp3) is 0.526. The Kier molecular flexibility index (Phi) is 3.54. The van der Waals surface area contributed by atoms with Gasteiger partial charge in [-0.05, 0) is 55.4 Å². The van der Waals surface area contributed by atoms with E-state index >= 15 is 0 Å². The van der Waals surface area contributed by atoms with Crippen LogP contribution in [0.25, 0.3) is 0 Å². The predicted molar refractivity (Wildman–Crippen MR) is 88.9 cm³/mol. The first-order chi connectivity index (χ1) is 10.4. The number of hydrogen-bond donors (Lipinski definition) is 1. The van der Waals surface area contributed by atoms with Gasteiger partial charge in [0.25, 0.3) is 0 Å². The molecule has 1 N–H and O–H groups in total. The molecule has 0 aliphatic heterocycles. The first kappa shape index (κ1) is 15.1. The lowest BCUT2D eigenvalue weighted by Gasteiger charge is -2.31. The number of rotatable bonds is 4.